The van der Waals surface area contributed by atoms with Gasteiger partial charge in [0.1, 0.15) is 6.04 Å². The van der Waals surface area contributed by atoms with Gasteiger partial charge in [-0.15, -0.1) is 4.37 Å². The van der Waals surface area contributed by atoms with Crippen LogP contribution < -0.4 is 15.4 Å². The lowest BCUT2D eigenvalue weighted by Gasteiger charge is -2.28. The molecular formula is C17H27N5O5S. The van der Waals surface area contributed by atoms with E-state index in [-0.39, 0.29) is 30.3 Å². The number of carbonyl (C=O) groups excluding carboxylic acids is 3. The van der Waals surface area contributed by atoms with Crippen molar-refractivity contribution in [3.05, 3.63) is 0 Å². The van der Waals surface area contributed by atoms with Gasteiger partial charge in [0.05, 0.1) is 26.8 Å². The zero-order valence-corrected chi connectivity index (χ0v) is 17.4. The minimum Gasteiger partial charge on any atom is -0.467 e. The van der Waals surface area contributed by atoms with Crippen LogP contribution in [0.15, 0.2) is 0 Å². The van der Waals surface area contributed by atoms with Gasteiger partial charge in [-0.3, -0.25) is 20.2 Å². The van der Waals surface area contributed by atoms with Gasteiger partial charge in [-0.25, -0.2) is 4.79 Å². The van der Waals surface area contributed by atoms with Crippen LogP contribution in [-0.2, 0) is 19.1 Å². The zero-order chi connectivity index (χ0) is 20.7. The number of ether oxygens (including phenoxy) is 2. The van der Waals surface area contributed by atoms with Gasteiger partial charge in [-0.2, -0.15) is 4.98 Å². The Morgan fingerprint density at radius 2 is 2.07 bits per heavy atom. The first-order valence-electron chi connectivity index (χ1n) is 9.15. The Bertz CT molecular complexity index is 695. The predicted octanol–water partition coefficient (Wildman–Crippen LogP) is 0.653. The summed E-state index contributed by atoms with van der Waals surface area (Å²) in [6, 6.07) is -0.944. The van der Waals surface area contributed by atoms with E-state index < -0.39 is 18.1 Å². The number of hydrogen-bond donors (Lipinski definition) is 2. The lowest BCUT2D eigenvalue weighted by molar-refractivity contribution is -0.151. The number of rotatable bonds is 9. The van der Waals surface area contributed by atoms with Gasteiger partial charge in [0.25, 0.3) is 0 Å². The quantitative estimate of drug-likeness (QED) is 0.566. The van der Waals surface area contributed by atoms with Crippen molar-refractivity contribution in [3.63, 3.8) is 0 Å². The summed E-state index contributed by atoms with van der Waals surface area (Å²) < 4.78 is 13.6. The molecule has 1 aliphatic heterocycles. The van der Waals surface area contributed by atoms with Crippen LogP contribution in [0, 0.1) is 5.92 Å². The Balaban J connectivity index is 1.97. The lowest BCUT2D eigenvalue weighted by Crippen LogP contribution is -2.52. The van der Waals surface area contributed by atoms with Crippen molar-refractivity contribution in [1.29, 1.82) is 0 Å². The summed E-state index contributed by atoms with van der Waals surface area (Å²) in [7, 11) is 2.76. The maximum Gasteiger partial charge on any atom is 0.329 e. The second kappa shape index (κ2) is 10.3. The van der Waals surface area contributed by atoms with Crippen LogP contribution in [0.25, 0.3) is 0 Å². The summed E-state index contributed by atoms with van der Waals surface area (Å²) in [5.41, 5.74) is 0. The van der Waals surface area contributed by atoms with E-state index in [1.165, 1.54) is 14.2 Å². The normalized spacial score (nSPS) is 17.5. The van der Waals surface area contributed by atoms with Crippen LogP contribution in [0.4, 0.5) is 5.13 Å². The van der Waals surface area contributed by atoms with Gasteiger partial charge in [0.15, 0.2) is 0 Å². The van der Waals surface area contributed by atoms with Crippen LogP contribution in [-0.4, -0.2) is 71.4 Å². The number of amides is 2. The van der Waals surface area contributed by atoms with Gasteiger partial charge in [-0.05, 0) is 25.2 Å². The van der Waals surface area contributed by atoms with E-state index in [0.29, 0.717) is 24.5 Å². The van der Waals surface area contributed by atoms with Crippen LogP contribution in [0.1, 0.15) is 33.1 Å². The van der Waals surface area contributed by atoms with E-state index in [0.717, 1.165) is 18.0 Å². The number of hydrogen-bond acceptors (Lipinski definition) is 9. The van der Waals surface area contributed by atoms with Crippen molar-refractivity contribution in [2.75, 3.05) is 32.6 Å². The van der Waals surface area contributed by atoms with E-state index in [9.17, 15) is 14.4 Å². The topological polar surface area (TPSA) is 123 Å². The third-order valence-electron chi connectivity index (χ3n) is 4.36. The summed E-state index contributed by atoms with van der Waals surface area (Å²) in [5.74, 6) is -0.702. The Hall–Kier alpha value is -2.27. The maximum atomic E-state index is 13.0. The Labute approximate surface area is 168 Å². The van der Waals surface area contributed by atoms with E-state index in [4.69, 9.17) is 9.47 Å². The lowest BCUT2D eigenvalue weighted by atomic mass is 10.0. The summed E-state index contributed by atoms with van der Waals surface area (Å²) in [4.78, 5) is 42.7. The second-order valence-corrected chi connectivity index (χ2v) is 7.66. The Kier molecular flexibility index (Phi) is 8.12. The SMILES string of the molecule is COC(=O)[C@@H]1CCCN1C(=O)[C@H](CC(C)C)NCC(=O)Nc1nc(OC)ns1. The highest BCUT2D eigenvalue weighted by Gasteiger charge is 2.37. The number of aromatic nitrogens is 2. The third-order valence-corrected chi connectivity index (χ3v) is 4.97. The molecule has 2 N–H and O–H groups in total. The molecule has 1 saturated heterocycles. The van der Waals surface area contributed by atoms with Crippen LogP contribution in [0.2, 0.25) is 0 Å². The molecule has 1 aromatic rings. The molecule has 2 atom stereocenters. The largest absolute Gasteiger partial charge is 0.467 e. The number of nitrogens with one attached hydrogen (secondary N) is 2. The summed E-state index contributed by atoms with van der Waals surface area (Å²) in [6.07, 6.45) is 1.88. The van der Waals surface area contributed by atoms with E-state index in [1.807, 2.05) is 13.8 Å². The molecule has 1 aromatic heterocycles. The Morgan fingerprint density at radius 3 is 2.68 bits per heavy atom. The number of carbonyl (C=O) groups is 3. The van der Waals surface area contributed by atoms with Crippen LogP contribution in [0.3, 0.4) is 0 Å². The molecule has 0 unspecified atom stereocenters. The first kappa shape index (κ1) is 22.0. The highest BCUT2D eigenvalue weighted by Crippen LogP contribution is 2.21. The van der Waals surface area contributed by atoms with E-state index in [1.54, 1.807) is 4.90 Å². The molecule has 2 heterocycles. The molecule has 0 aromatic carbocycles. The minimum absolute atomic E-state index is 0.0677. The molecular weight excluding hydrogens is 386 g/mol. The third kappa shape index (κ3) is 5.86. The number of nitrogens with zero attached hydrogens (tertiary/aromatic N) is 3. The highest BCUT2D eigenvalue weighted by molar-refractivity contribution is 7.10. The molecule has 1 fully saturated rings. The van der Waals surface area contributed by atoms with Crippen molar-refractivity contribution in [3.8, 4) is 6.01 Å². The number of methoxy groups -OCH3 is 2. The Morgan fingerprint density at radius 1 is 1.32 bits per heavy atom. The van der Waals surface area contributed by atoms with Gasteiger partial charge in [0.2, 0.25) is 16.9 Å². The minimum atomic E-state index is -0.569. The molecule has 1 aliphatic rings. The molecule has 0 saturated carbocycles. The van der Waals surface area contributed by atoms with Crippen molar-refractivity contribution >= 4 is 34.4 Å². The van der Waals surface area contributed by atoms with Gasteiger partial charge in [0, 0.05) is 18.1 Å². The predicted molar refractivity (Wildman–Crippen MR) is 103 cm³/mol. The fourth-order valence-corrected chi connectivity index (χ4v) is 3.64. The van der Waals surface area contributed by atoms with Gasteiger partial charge >= 0.3 is 12.0 Å². The fourth-order valence-electron chi connectivity index (χ4n) is 3.08. The average Bonchev–Trinajstić information content (AvgIpc) is 3.32. The van der Waals surface area contributed by atoms with Crippen LogP contribution >= 0.6 is 11.5 Å². The molecule has 0 aliphatic carbocycles. The standard InChI is InChI=1S/C17H27N5O5S/c1-10(2)8-11(14(24)22-7-5-6-12(22)15(25)26-3)18-9-13(23)19-17-20-16(27-4)21-28-17/h10-12,18H,5-9H2,1-4H3,(H,19,20,21,23)/t11-,12-/m0/s1. The van der Waals surface area contributed by atoms with Crippen molar-refractivity contribution in [1.82, 2.24) is 19.6 Å². The second-order valence-electron chi connectivity index (χ2n) is 6.91. The molecule has 2 amide bonds. The molecule has 11 heteroatoms. The summed E-state index contributed by atoms with van der Waals surface area (Å²) in [6.45, 7) is 4.43. The monoisotopic (exact) mass is 413 g/mol. The van der Waals surface area contributed by atoms with E-state index in [2.05, 4.69) is 20.0 Å². The number of anilines is 1. The average molecular weight is 414 g/mol. The molecule has 0 radical (unpaired) electrons. The number of likely N-dealkylation sites (tertiary alicyclic amines) is 1. The van der Waals surface area contributed by atoms with E-state index >= 15 is 0 Å². The first-order valence-corrected chi connectivity index (χ1v) is 9.92. The molecule has 2 rings (SSSR count). The summed E-state index contributed by atoms with van der Waals surface area (Å²) >= 11 is 1.01. The van der Waals surface area contributed by atoms with Gasteiger partial charge in [-0.1, -0.05) is 13.8 Å². The molecule has 28 heavy (non-hydrogen) atoms. The van der Waals surface area contributed by atoms with Crippen LogP contribution in [0.5, 0.6) is 6.01 Å². The van der Waals surface area contributed by atoms with Gasteiger partial charge < -0.3 is 14.4 Å². The fraction of sp³-hybridized carbons (Fsp3) is 0.706. The molecule has 0 bridgehead atoms. The maximum absolute atomic E-state index is 13.0. The zero-order valence-electron chi connectivity index (χ0n) is 16.6. The summed E-state index contributed by atoms with van der Waals surface area (Å²) in [5, 5.41) is 5.95. The molecule has 0 spiro atoms. The smallest absolute Gasteiger partial charge is 0.329 e. The number of esters is 1. The highest BCUT2D eigenvalue weighted by atomic mass is 32.1. The van der Waals surface area contributed by atoms with Crippen molar-refractivity contribution < 1.29 is 23.9 Å². The molecule has 10 nitrogen and oxygen atoms in total. The first-order chi connectivity index (χ1) is 13.3. The molecule has 156 valence electrons. The van der Waals surface area contributed by atoms with Crippen molar-refractivity contribution in [2.24, 2.45) is 5.92 Å². The van der Waals surface area contributed by atoms with Crippen molar-refractivity contribution in [2.45, 2.75) is 45.2 Å².